The van der Waals surface area contributed by atoms with E-state index in [-0.39, 0.29) is 5.82 Å². The third kappa shape index (κ3) is 2.55. The molecule has 0 unspecified atom stereocenters. The zero-order valence-corrected chi connectivity index (χ0v) is 13.8. The number of benzene rings is 3. The van der Waals surface area contributed by atoms with Gasteiger partial charge in [0, 0.05) is 11.1 Å². The van der Waals surface area contributed by atoms with Crippen molar-refractivity contribution in [2.75, 3.05) is 14.2 Å². The maximum absolute atomic E-state index is 14.1. The molecule has 0 aromatic heterocycles. The standard InChI is InChI=1S/C18H14BrFO2/c1-21-17-9-12-10-18(22-2)15(19)8-11(12)7-14(17)13-5-3-4-6-16(13)20/h3-10H,1-2H3. The summed E-state index contributed by atoms with van der Waals surface area (Å²) in [6.45, 7) is 0. The Morgan fingerprint density at radius 2 is 1.45 bits per heavy atom. The first-order chi connectivity index (χ1) is 10.6. The lowest BCUT2D eigenvalue weighted by atomic mass is 9.99. The van der Waals surface area contributed by atoms with Gasteiger partial charge < -0.3 is 9.47 Å². The number of hydrogen-bond acceptors (Lipinski definition) is 2. The summed E-state index contributed by atoms with van der Waals surface area (Å²) in [5, 5.41) is 1.95. The highest BCUT2D eigenvalue weighted by Gasteiger charge is 2.13. The summed E-state index contributed by atoms with van der Waals surface area (Å²) in [5.74, 6) is 1.10. The first kappa shape index (κ1) is 14.9. The quantitative estimate of drug-likeness (QED) is 0.620. The van der Waals surface area contributed by atoms with E-state index >= 15 is 0 Å². The molecule has 0 aliphatic heterocycles. The SMILES string of the molecule is COc1cc2cc(OC)c(-c3ccccc3F)cc2cc1Br. The third-order valence-electron chi connectivity index (χ3n) is 3.59. The molecule has 0 spiro atoms. The van der Waals surface area contributed by atoms with Crippen molar-refractivity contribution in [1.82, 2.24) is 0 Å². The molecule has 0 saturated carbocycles. The van der Waals surface area contributed by atoms with Gasteiger partial charge in [-0.3, -0.25) is 0 Å². The number of rotatable bonds is 3. The van der Waals surface area contributed by atoms with Gasteiger partial charge in [-0.1, -0.05) is 18.2 Å². The Bertz CT molecular complexity index is 846. The molecular formula is C18H14BrFO2. The van der Waals surface area contributed by atoms with Gasteiger partial charge in [-0.2, -0.15) is 0 Å². The molecule has 0 atom stereocenters. The summed E-state index contributed by atoms with van der Waals surface area (Å²) in [5.41, 5.74) is 1.25. The van der Waals surface area contributed by atoms with Crippen LogP contribution in [0.5, 0.6) is 11.5 Å². The van der Waals surface area contributed by atoms with Gasteiger partial charge in [-0.05, 0) is 57.0 Å². The lowest BCUT2D eigenvalue weighted by molar-refractivity contribution is 0.412. The second-order valence-corrected chi connectivity index (χ2v) is 5.72. The number of ether oxygens (including phenoxy) is 2. The van der Waals surface area contributed by atoms with Gasteiger partial charge in [0.05, 0.1) is 18.7 Å². The van der Waals surface area contributed by atoms with E-state index in [0.29, 0.717) is 11.3 Å². The Labute approximate surface area is 136 Å². The average molecular weight is 361 g/mol. The monoisotopic (exact) mass is 360 g/mol. The molecule has 0 bridgehead atoms. The molecule has 0 aliphatic rings. The molecule has 0 radical (unpaired) electrons. The van der Waals surface area contributed by atoms with Gasteiger partial charge in [-0.25, -0.2) is 4.39 Å². The van der Waals surface area contributed by atoms with Crippen LogP contribution in [0.2, 0.25) is 0 Å². The van der Waals surface area contributed by atoms with Crippen LogP contribution in [-0.4, -0.2) is 14.2 Å². The van der Waals surface area contributed by atoms with Gasteiger partial charge in [0.2, 0.25) is 0 Å². The van der Waals surface area contributed by atoms with Crippen LogP contribution in [-0.2, 0) is 0 Å². The van der Waals surface area contributed by atoms with E-state index in [1.54, 1.807) is 26.4 Å². The van der Waals surface area contributed by atoms with Crippen LogP contribution in [0, 0.1) is 5.82 Å². The molecule has 112 valence electrons. The zero-order chi connectivity index (χ0) is 15.7. The number of fused-ring (bicyclic) bond motifs is 1. The minimum Gasteiger partial charge on any atom is -0.496 e. The molecule has 0 amide bonds. The molecule has 3 rings (SSSR count). The van der Waals surface area contributed by atoms with E-state index in [9.17, 15) is 4.39 Å². The predicted octanol–water partition coefficient (Wildman–Crippen LogP) is 5.43. The van der Waals surface area contributed by atoms with E-state index < -0.39 is 0 Å². The van der Waals surface area contributed by atoms with E-state index in [1.165, 1.54) is 6.07 Å². The van der Waals surface area contributed by atoms with Crippen molar-refractivity contribution >= 4 is 26.7 Å². The first-order valence-corrected chi connectivity index (χ1v) is 7.53. The average Bonchev–Trinajstić information content (AvgIpc) is 2.53. The van der Waals surface area contributed by atoms with E-state index in [2.05, 4.69) is 15.9 Å². The molecular weight excluding hydrogens is 347 g/mol. The minimum absolute atomic E-state index is 0.271. The molecule has 3 aromatic carbocycles. The summed E-state index contributed by atoms with van der Waals surface area (Å²) >= 11 is 3.48. The molecule has 3 aromatic rings. The van der Waals surface area contributed by atoms with Crippen molar-refractivity contribution in [2.24, 2.45) is 0 Å². The maximum Gasteiger partial charge on any atom is 0.133 e. The number of methoxy groups -OCH3 is 2. The molecule has 0 N–H and O–H groups in total. The van der Waals surface area contributed by atoms with E-state index in [1.807, 2.05) is 30.3 Å². The first-order valence-electron chi connectivity index (χ1n) is 6.74. The van der Waals surface area contributed by atoms with Crippen LogP contribution in [0.25, 0.3) is 21.9 Å². The molecule has 22 heavy (non-hydrogen) atoms. The minimum atomic E-state index is -0.271. The second-order valence-electron chi connectivity index (χ2n) is 4.87. The van der Waals surface area contributed by atoms with Crippen molar-refractivity contribution < 1.29 is 13.9 Å². The Hall–Kier alpha value is -2.07. The van der Waals surface area contributed by atoms with Gasteiger partial charge >= 0.3 is 0 Å². The predicted molar refractivity (Wildman–Crippen MR) is 90.1 cm³/mol. The van der Waals surface area contributed by atoms with Crippen LogP contribution in [0.1, 0.15) is 0 Å². The Morgan fingerprint density at radius 1 is 0.818 bits per heavy atom. The summed E-state index contributed by atoms with van der Waals surface area (Å²) < 4.78 is 25.7. The maximum atomic E-state index is 14.1. The topological polar surface area (TPSA) is 18.5 Å². The number of hydrogen-bond donors (Lipinski definition) is 0. The summed E-state index contributed by atoms with van der Waals surface area (Å²) in [6.07, 6.45) is 0. The largest absolute Gasteiger partial charge is 0.496 e. The lowest BCUT2D eigenvalue weighted by Gasteiger charge is -2.13. The molecule has 0 aliphatic carbocycles. The highest BCUT2D eigenvalue weighted by atomic mass is 79.9. The van der Waals surface area contributed by atoms with Gasteiger partial charge in [0.1, 0.15) is 17.3 Å². The lowest BCUT2D eigenvalue weighted by Crippen LogP contribution is -1.92. The highest BCUT2D eigenvalue weighted by Crippen LogP contribution is 2.38. The van der Waals surface area contributed by atoms with E-state index in [4.69, 9.17) is 9.47 Å². The molecule has 2 nitrogen and oxygen atoms in total. The highest BCUT2D eigenvalue weighted by molar-refractivity contribution is 9.10. The van der Waals surface area contributed by atoms with Crippen molar-refractivity contribution in [3.63, 3.8) is 0 Å². The molecule has 4 heteroatoms. The molecule has 0 saturated heterocycles. The fourth-order valence-corrected chi connectivity index (χ4v) is 3.02. The van der Waals surface area contributed by atoms with Crippen LogP contribution >= 0.6 is 15.9 Å². The van der Waals surface area contributed by atoms with Crippen molar-refractivity contribution in [3.05, 3.63) is 58.8 Å². The summed E-state index contributed by atoms with van der Waals surface area (Å²) in [6, 6.07) is 14.4. The Morgan fingerprint density at radius 3 is 2.14 bits per heavy atom. The van der Waals surface area contributed by atoms with Crippen molar-refractivity contribution in [1.29, 1.82) is 0 Å². The number of halogens is 2. The molecule has 0 heterocycles. The second kappa shape index (κ2) is 5.97. The van der Waals surface area contributed by atoms with Crippen molar-refractivity contribution in [3.8, 4) is 22.6 Å². The van der Waals surface area contributed by atoms with Crippen molar-refractivity contribution in [2.45, 2.75) is 0 Å². The summed E-state index contributed by atoms with van der Waals surface area (Å²) in [4.78, 5) is 0. The molecule has 0 fully saturated rings. The van der Waals surface area contributed by atoms with Crippen LogP contribution in [0.3, 0.4) is 0 Å². The zero-order valence-electron chi connectivity index (χ0n) is 12.2. The normalized spacial score (nSPS) is 10.7. The smallest absolute Gasteiger partial charge is 0.133 e. The van der Waals surface area contributed by atoms with Crippen LogP contribution in [0.4, 0.5) is 4.39 Å². The van der Waals surface area contributed by atoms with Gasteiger partial charge in [0.25, 0.3) is 0 Å². The van der Waals surface area contributed by atoms with Gasteiger partial charge in [-0.15, -0.1) is 0 Å². The van der Waals surface area contributed by atoms with E-state index in [0.717, 1.165) is 26.6 Å². The van der Waals surface area contributed by atoms with Gasteiger partial charge in [0.15, 0.2) is 0 Å². The van der Waals surface area contributed by atoms with Crippen LogP contribution in [0.15, 0.2) is 53.0 Å². The summed E-state index contributed by atoms with van der Waals surface area (Å²) in [7, 11) is 3.21. The Balaban J connectivity index is 2.29. The fourth-order valence-electron chi connectivity index (χ4n) is 2.50. The third-order valence-corrected chi connectivity index (χ3v) is 4.21. The Kier molecular flexibility index (Phi) is 4.03. The fraction of sp³-hybridized carbons (Fsp3) is 0.111. The van der Waals surface area contributed by atoms with Crippen LogP contribution < -0.4 is 9.47 Å².